The van der Waals surface area contributed by atoms with Crippen molar-refractivity contribution in [1.29, 1.82) is 0 Å². The topological polar surface area (TPSA) is 68.9 Å². The van der Waals surface area contributed by atoms with Gasteiger partial charge in [0.2, 0.25) is 5.91 Å². The maximum atomic E-state index is 12.0. The summed E-state index contributed by atoms with van der Waals surface area (Å²) in [5.41, 5.74) is 2.30. The summed E-state index contributed by atoms with van der Waals surface area (Å²) < 4.78 is 2.52. The number of aromatic nitrogens is 3. The number of carbonyl (C=O) groups is 1. The second-order valence-electron chi connectivity index (χ2n) is 6.52. The molecule has 6 heteroatoms. The van der Waals surface area contributed by atoms with Crippen LogP contribution in [0, 0.1) is 0 Å². The van der Waals surface area contributed by atoms with Crippen molar-refractivity contribution in [2.75, 3.05) is 0 Å². The molecule has 0 spiro atoms. The number of carbonyl (C=O) groups excluding carboxylic acids is 1. The van der Waals surface area contributed by atoms with Crippen LogP contribution in [0.5, 0.6) is 0 Å². The molecule has 1 fully saturated rings. The molecule has 0 unspecified atom stereocenters. The van der Waals surface area contributed by atoms with Crippen molar-refractivity contribution in [3.05, 3.63) is 52.2 Å². The number of amides is 1. The van der Waals surface area contributed by atoms with Crippen LogP contribution in [0.1, 0.15) is 43.2 Å². The summed E-state index contributed by atoms with van der Waals surface area (Å²) in [6, 6.07) is 8.77. The molecule has 3 rings (SSSR count). The molecule has 1 aliphatic carbocycles. The van der Waals surface area contributed by atoms with E-state index in [1.807, 2.05) is 0 Å². The molecule has 1 N–H and O–H groups in total. The fourth-order valence-electron chi connectivity index (χ4n) is 2.77. The molecule has 1 aromatic carbocycles. The fraction of sp³-hybridized carbons (Fsp3) is 0.471. The van der Waals surface area contributed by atoms with E-state index in [2.05, 4.69) is 48.5 Å². The van der Waals surface area contributed by atoms with Crippen LogP contribution in [0.2, 0.25) is 0 Å². The smallest absolute Gasteiger partial charge is 0.345 e. The normalized spacial score (nSPS) is 19.8. The molecule has 2 aromatic rings. The number of hydrogen-bond donors (Lipinski definition) is 1. The van der Waals surface area contributed by atoms with Gasteiger partial charge in [-0.1, -0.05) is 38.1 Å². The van der Waals surface area contributed by atoms with Crippen LogP contribution in [-0.2, 0) is 18.4 Å². The van der Waals surface area contributed by atoms with Crippen molar-refractivity contribution in [1.82, 2.24) is 19.7 Å². The molecular formula is C17H22N4O2. The first-order chi connectivity index (χ1) is 11.0. The van der Waals surface area contributed by atoms with Crippen LogP contribution in [0.25, 0.3) is 0 Å². The highest BCUT2D eigenvalue weighted by Crippen LogP contribution is 2.41. The van der Waals surface area contributed by atoms with Crippen LogP contribution in [0.4, 0.5) is 0 Å². The van der Waals surface area contributed by atoms with Crippen LogP contribution in [0.15, 0.2) is 35.4 Å². The number of benzene rings is 1. The highest BCUT2D eigenvalue weighted by molar-refractivity contribution is 5.76. The van der Waals surface area contributed by atoms with Crippen LogP contribution in [0.3, 0.4) is 0 Å². The minimum absolute atomic E-state index is 0.0326. The van der Waals surface area contributed by atoms with Gasteiger partial charge in [0.15, 0.2) is 0 Å². The van der Waals surface area contributed by atoms with E-state index in [9.17, 15) is 9.59 Å². The lowest BCUT2D eigenvalue weighted by molar-refractivity contribution is -0.122. The highest BCUT2D eigenvalue weighted by Gasteiger charge is 2.39. The van der Waals surface area contributed by atoms with E-state index in [0.717, 1.165) is 6.42 Å². The zero-order valence-electron chi connectivity index (χ0n) is 13.7. The predicted molar refractivity (Wildman–Crippen MR) is 87.3 cm³/mol. The van der Waals surface area contributed by atoms with Gasteiger partial charge in [-0.05, 0) is 23.5 Å². The number of aryl methyl sites for hydroxylation is 1. The number of hydrogen-bond acceptors (Lipinski definition) is 3. The molecular weight excluding hydrogens is 292 g/mol. The Labute approximate surface area is 135 Å². The Morgan fingerprint density at radius 2 is 2.04 bits per heavy atom. The average molecular weight is 314 g/mol. The Morgan fingerprint density at radius 3 is 2.61 bits per heavy atom. The Kier molecular flexibility index (Phi) is 4.07. The lowest BCUT2D eigenvalue weighted by atomic mass is 10.0. The molecule has 1 amide bonds. The lowest BCUT2D eigenvalue weighted by Gasteiger charge is -2.07. The maximum absolute atomic E-state index is 12.0. The Bertz CT molecular complexity index is 758. The minimum atomic E-state index is -0.281. The molecule has 1 aromatic heterocycles. The molecule has 1 aliphatic rings. The van der Waals surface area contributed by atoms with Gasteiger partial charge in [-0.2, -0.15) is 5.10 Å². The Balaban J connectivity index is 1.55. The average Bonchev–Trinajstić information content (AvgIpc) is 3.22. The molecule has 6 nitrogen and oxygen atoms in total. The van der Waals surface area contributed by atoms with Crippen molar-refractivity contribution in [3.63, 3.8) is 0 Å². The summed E-state index contributed by atoms with van der Waals surface area (Å²) in [6.45, 7) is 4.32. The van der Waals surface area contributed by atoms with Gasteiger partial charge in [0.1, 0.15) is 12.9 Å². The number of rotatable bonds is 5. The minimum Gasteiger partial charge on any atom is -0.351 e. The van der Waals surface area contributed by atoms with Crippen molar-refractivity contribution in [2.45, 2.75) is 44.7 Å². The summed E-state index contributed by atoms with van der Waals surface area (Å²) in [4.78, 5) is 23.7. The quantitative estimate of drug-likeness (QED) is 0.906. The monoisotopic (exact) mass is 314 g/mol. The van der Waals surface area contributed by atoms with Crippen LogP contribution >= 0.6 is 0 Å². The van der Waals surface area contributed by atoms with E-state index in [4.69, 9.17) is 0 Å². The van der Waals surface area contributed by atoms with E-state index in [-0.39, 0.29) is 24.2 Å². The summed E-state index contributed by atoms with van der Waals surface area (Å²) in [6.07, 6.45) is 2.36. The second-order valence-corrected chi connectivity index (χ2v) is 6.52. The summed E-state index contributed by atoms with van der Waals surface area (Å²) in [5, 5.41) is 6.87. The Hall–Kier alpha value is -2.37. The van der Waals surface area contributed by atoms with E-state index in [0.29, 0.717) is 11.8 Å². The van der Waals surface area contributed by atoms with E-state index < -0.39 is 0 Å². The Morgan fingerprint density at radius 1 is 1.35 bits per heavy atom. The molecule has 1 heterocycles. The van der Waals surface area contributed by atoms with Gasteiger partial charge >= 0.3 is 5.69 Å². The second kappa shape index (κ2) is 6.02. The molecule has 0 radical (unpaired) electrons. The van der Waals surface area contributed by atoms with Crippen molar-refractivity contribution >= 4 is 5.91 Å². The maximum Gasteiger partial charge on any atom is 0.345 e. The van der Waals surface area contributed by atoms with Gasteiger partial charge < -0.3 is 5.32 Å². The third-order valence-electron chi connectivity index (χ3n) is 4.35. The number of nitrogens with one attached hydrogen (secondary N) is 1. The van der Waals surface area contributed by atoms with Crippen molar-refractivity contribution in [2.24, 2.45) is 7.05 Å². The molecule has 0 saturated heterocycles. The lowest BCUT2D eigenvalue weighted by Crippen LogP contribution is -2.34. The summed E-state index contributed by atoms with van der Waals surface area (Å²) in [7, 11) is 1.61. The fourth-order valence-corrected chi connectivity index (χ4v) is 2.77. The van der Waals surface area contributed by atoms with E-state index in [1.54, 1.807) is 7.05 Å². The third-order valence-corrected chi connectivity index (χ3v) is 4.35. The summed E-state index contributed by atoms with van der Waals surface area (Å²) >= 11 is 0. The molecule has 0 aliphatic heterocycles. The molecule has 2 atom stereocenters. The van der Waals surface area contributed by atoms with Crippen molar-refractivity contribution < 1.29 is 4.79 Å². The van der Waals surface area contributed by atoms with Gasteiger partial charge in [-0.3, -0.25) is 9.36 Å². The largest absolute Gasteiger partial charge is 0.351 e. The standard InChI is InChI=1S/C17H22N4O2/c1-11(2)12-4-6-13(7-5-12)14-8-15(14)19-16(22)9-21-17(23)20(3)10-18-21/h4-7,10-11,14-15H,8-9H2,1-3H3,(H,19,22)/t14-,15+/m1/s1. The van der Waals surface area contributed by atoms with Gasteiger partial charge in [0.25, 0.3) is 0 Å². The molecule has 122 valence electrons. The zero-order valence-corrected chi connectivity index (χ0v) is 13.7. The molecule has 23 heavy (non-hydrogen) atoms. The van der Waals surface area contributed by atoms with Gasteiger partial charge in [0.05, 0.1) is 0 Å². The van der Waals surface area contributed by atoms with Crippen LogP contribution in [-0.4, -0.2) is 26.3 Å². The van der Waals surface area contributed by atoms with E-state index in [1.165, 1.54) is 26.7 Å². The number of nitrogens with zero attached hydrogens (tertiary/aromatic N) is 3. The van der Waals surface area contributed by atoms with Crippen LogP contribution < -0.4 is 11.0 Å². The highest BCUT2D eigenvalue weighted by atomic mass is 16.2. The zero-order chi connectivity index (χ0) is 16.6. The SMILES string of the molecule is CC(C)c1ccc([C@H]2C[C@@H]2NC(=O)Cn2ncn(C)c2=O)cc1. The molecule has 1 saturated carbocycles. The first-order valence-corrected chi connectivity index (χ1v) is 7.93. The first-order valence-electron chi connectivity index (χ1n) is 7.93. The van der Waals surface area contributed by atoms with E-state index >= 15 is 0 Å². The van der Waals surface area contributed by atoms with Gasteiger partial charge in [-0.25, -0.2) is 9.48 Å². The predicted octanol–water partition coefficient (Wildman–Crippen LogP) is 1.38. The summed E-state index contributed by atoms with van der Waals surface area (Å²) in [5.74, 6) is 0.730. The molecule has 0 bridgehead atoms. The third kappa shape index (κ3) is 3.36. The van der Waals surface area contributed by atoms with Crippen molar-refractivity contribution in [3.8, 4) is 0 Å². The van der Waals surface area contributed by atoms with Gasteiger partial charge in [-0.15, -0.1) is 0 Å². The van der Waals surface area contributed by atoms with Gasteiger partial charge in [0, 0.05) is 19.0 Å². The first kappa shape index (κ1) is 15.5.